The Morgan fingerprint density at radius 2 is 2.35 bits per heavy atom. The summed E-state index contributed by atoms with van der Waals surface area (Å²) in [5, 5.41) is 13.4. The highest BCUT2D eigenvalue weighted by Crippen LogP contribution is 2.28. The number of nitrogens with zero attached hydrogens (tertiary/aromatic N) is 1. The first-order valence-electron chi connectivity index (χ1n) is 5.98. The quantitative estimate of drug-likeness (QED) is 0.814. The topological polar surface area (TPSA) is 45.2 Å². The Bertz CT molecular complexity index is 525. The second-order valence-corrected chi connectivity index (χ2v) is 5.71. The summed E-state index contributed by atoms with van der Waals surface area (Å²) in [6.45, 7) is 2.96. The summed E-state index contributed by atoms with van der Waals surface area (Å²) in [6, 6.07) is 6.65. The molecular weight excluding hydrogens is 232 g/mol. The number of aliphatic hydroxyl groups is 1. The Kier molecular flexibility index (Phi) is 2.86. The van der Waals surface area contributed by atoms with Crippen LogP contribution < -0.4 is 5.32 Å². The minimum absolute atomic E-state index is 0.201. The molecule has 17 heavy (non-hydrogen) atoms. The smallest absolute Gasteiger partial charge is 0.0815 e. The predicted octanol–water partition coefficient (Wildman–Crippen LogP) is 2.33. The SMILES string of the molecule is C[C@H]1CN[C@H](c2ccc3scnc3c2)CC1O. The van der Waals surface area contributed by atoms with E-state index in [0.717, 1.165) is 18.5 Å². The van der Waals surface area contributed by atoms with Crippen molar-refractivity contribution in [3.8, 4) is 0 Å². The van der Waals surface area contributed by atoms with Crippen LogP contribution in [0.3, 0.4) is 0 Å². The molecule has 2 heterocycles. The van der Waals surface area contributed by atoms with Crippen LogP contribution in [0.15, 0.2) is 23.7 Å². The van der Waals surface area contributed by atoms with Crippen LogP contribution in [0.2, 0.25) is 0 Å². The summed E-state index contributed by atoms with van der Waals surface area (Å²) >= 11 is 1.66. The van der Waals surface area contributed by atoms with Crippen LogP contribution >= 0.6 is 11.3 Å². The maximum absolute atomic E-state index is 9.93. The number of fused-ring (bicyclic) bond motifs is 1. The predicted molar refractivity (Wildman–Crippen MR) is 70.2 cm³/mol. The lowest BCUT2D eigenvalue weighted by molar-refractivity contribution is 0.0689. The van der Waals surface area contributed by atoms with Crippen LogP contribution in [0.25, 0.3) is 10.2 Å². The van der Waals surface area contributed by atoms with Crippen molar-refractivity contribution in [3.05, 3.63) is 29.3 Å². The molecule has 1 aliphatic heterocycles. The van der Waals surface area contributed by atoms with E-state index in [1.54, 1.807) is 11.3 Å². The highest BCUT2D eigenvalue weighted by atomic mass is 32.1. The van der Waals surface area contributed by atoms with Crippen LogP contribution in [0.4, 0.5) is 0 Å². The number of hydrogen-bond acceptors (Lipinski definition) is 4. The molecule has 0 aliphatic carbocycles. The van der Waals surface area contributed by atoms with Gasteiger partial charge in [-0.3, -0.25) is 0 Å². The molecule has 4 heteroatoms. The lowest BCUT2D eigenvalue weighted by atomic mass is 9.89. The zero-order chi connectivity index (χ0) is 11.8. The molecule has 0 saturated carbocycles. The molecule has 1 aromatic carbocycles. The molecular formula is C13H16N2OS. The van der Waals surface area contributed by atoms with E-state index in [1.165, 1.54) is 10.3 Å². The van der Waals surface area contributed by atoms with Crippen LogP contribution in [-0.4, -0.2) is 22.7 Å². The van der Waals surface area contributed by atoms with Gasteiger partial charge >= 0.3 is 0 Å². The molecule has 1 saturated heterocycles. The van der Waals surface area contributed by atoms with Gasteiger partial charge in [0.05, 0.1) is 21.8 Å². The first-order chi connectivity index (χ1) is 8.24. The first kappa shape index (κ1) is 11.1. The minimum Gasteiger partial charge on any atom is -0.393 e. The Hall–Kier alpha value is -0.970. The van der Waals surface area contributed by atoms with Gasteiger partial charge in [0.1, 0.15) is 0 Å². The number of benzene rings is 1. The minimum atomic E-state index is -0.201. The number of nitrogens with one attached hydrogen (secondary N) is 1. The summed E-state index contributed by atoms with van der Waals surface area (Å²) in [6.07, 6.45) is 0.587. The van der Waals surface area contributed by atoms with Gasteiger partial charge in [-0.15, -0.1) is 11.3 Å². The average Bonchev–Trinajstić information content (AvgIpc) is 2.79. The molecule has 90 valence electrons. The average molecular weight is 248 g/mol. The van der Waals surface area contributed by atoms with E-state index in [1.807, 2.05) is 5.51 Å². The summed E-state index contributed by atoms with van der Waals surface area (Å²) in [5.74, 6) is 0.342. The fourth-order valence-corrected chi connectivity index (χ4v) is 3.03. The van der Waals surface area contributed by atoms with E-state index in [9.17, 15) is 5.11 Å². The molecule has 1 unspecified atom stereocenters. The number of aliphatic hydroxyl groups excluding tert-OH is 1. The lowest BCUT2D eigenvalue weighted by Crippen LogP contribution is -2.40. The van der Waals surface area contributed by atoms with Crippen molar-refractivity contribution in [3.63, 3.8) is 0 Å². The van der Waals surface area contributed by atoms with Crippen LogP contribution in [-0.2, 0) is 0 Å². The fourth-order valence-electron chi connectivity index (χ4n) is 2.37. The maximum atomic E-state index is 9.93. The Morgan fingerprint density at radius 1 is 1.47 bits per heavy atom. The second kappa shape index (κ2) is 4.37. The fraction of sp³-hybridized carbons (Fsp3) is 0.462. The zero-order valence-electron chi connectivity index (χ0n) is 9.76. The van der Waals surface area contributed by atoms with Crippen molar-refractivity contribution in [1.29, 1.82) is 0 Å². The first-order valence-corrected chi connectivity index (χ1v) is 6.86. The lowest BCUT2D eigenvalue weighted by Gasteiger charge is -2.32. The van der Waals surface area contributed by atoms with Crippen LogP contribution in [0, 0.1) is 5.92 Å². The van der Waals surface area contributed by atoms with E-state index < -0.39 is 0 Å². The Labute approximate surface area is 105 Å². The van der Waals surface area contributed by atoms with Crippen molar-refractivity contribution >= 4 is 21.6 Å². The normalized spacial score (nSPS) is 29.6. The zero-order valence-corrected chi connectivity index (χ0v) is 10.6. The molecule has 1 aliphatic rings. The standard InChI is InChI=1S/C13H16N2OS/c1-8-6-14-10(5-12(8)16)9-2-3-13-11(4-9)15-7-17-13/h2-4,7-8,10,12,14,16H,5-6H2,1H3/t8-,10-,12?/m0/s1. The number of hydrogen-bond donors (Lipinski definition) is 2. The monoisotopic (exact) mass is 248 g/mol. The van der Waals surface area contributed by atoms with Crippen molar-refractivity contribution in [1.82, 2.24) is 10.3 Å². The van der Waals surface area contributed by atoms with Gasteiger partial charge < -0.3 is 10.4 Å². The molecule has 0 spiro atoms. The highest BCUT2D eigenvalue weighted by molar-refractivity contribution is 7.16. The van der Waals surface area contributed by atoms with Crippen molar-refractivity contribution in [2.75, 3.05) is 6.54 Å². The van der Waals surface area contributed by atoms with E-state index >= 15 is 0 Å². The van der Waals surface area contributed by atoms with Gasteiger partial charge in [0.2, 0.25) is 0 Å². The van der Waals surface area contributed by atoms with Gasteiger partial charge in [-0.1, -0.05) is 13.0 Å². The molecule has 3 rings (SSSR count). The Morgan fingerprint density at radius 3 is 3.18 bits per heavy atom. The van der Waals surface area contributed by atoms with Crippen LogP contribution in [0.1, 0.15) is 24.9 Å². The molecule has 1 aromatic heterocycles. The van der Waals surface area contributed by atoms with Crippen molar-refractivity contribution < 1.29 is 5.11 Å². The maximum Gasteiger partial charge on any atom is 0.0815 e. The number of piperidine rings is 1. The second-order valence-electron chi connectivity index (χ2n) is 4.82. The van der Waals surface area contributed by atoms with Gasteiger partial charge in [-0.25, -0.2) is 4.98 Å². The van der Waals surface area contributed by atoms with Gasteiger partial charge in [0, 0.05) is 12.6 Å². The van der Waals surface area contributed by atoms with E-state index in [0.29, 0.717) is 5.92 Å². The molecule has 2 N–H and O–H groups in total. The third-order valence-corrected chi connectivity index (χ3v) is 4.39. The summed E-state index contributed by atoms with van der Waals surface area (Å²) in [7, 11) is 0. The van der Waals surface area contributed by atoms with E-state index in [2.05, 4.69) is 35.4 Å². The summed E-state index contributed by atoms with van der Waals surface area (Å²) in [5.41, 5.74) is 4.16. The Balaban J connectivity index is 1.88. The molecule has 0 bridgehead atoms. The van der Waals surface area contributed by atoms with Gasteiger partial charge in [-0.2, -0.15) is 0 Å². The number of aromatic nitrogens is 1. The third-order valence-electron chi connectivity index (χ3n) is 3.58. The van der Waals surface area contributed by atoms with Gasteiger partial charge in [-0.05, 0) is 30.0 Å². The van der Waals surface area contributed by atoms with E-state index in [4.69, 9.17) is 0 Å². The molecule has 3 atom stereocenters. The molecule has 0 radical (unpaired) electrons. The van der Waals surface area contributed by atoms with E-state index in [-0.39, 0.29) is 12.1 Å². The van der Waals surface area contributed by atoms with Crippen molar-refractivity contribution in [2.24, 2.45) is 5.92 Å². The molecule has 1 fully saturated rings. The number of thiazole rings is 1. The summed E-state index contributed by atoms with van der Waals surface area (Å²) < 4.78 is 1.22. The van der Waals surface area contributed by atoms with Crippen molar-refractivity contribution in [2.45, 2.75) is 25.5 Å². The largest absolute Gasteiger partial charge is 0.393 e. The summed E-state index contributed by atoms with van der Waals surface area (Å²) in [4.78, 5) is 4.34. The van der Waals surface area contributed by atoms with Gasteiger partial charge in [0.15, 0.2) is 0 Å². The van der Waals surface area contributed by atoms with Crippen LogP contribution in [0.5, 0.6) is 0 Å². The van der Waals surface area contributed by atoms with Gasteiger partial charge in [0.25, 0.3) is 0 Å². The molecule has 0 amide bonds. The highest BCUT2D eigenvalue weighted by Gasteiger charge is 2.26. The third kappa shape index (κ3) is 2.08. The molecule has 2 aromatic rings. The molecule has 3 nitrogen and oxygen atoms in total. The number of rotatable bonds is 1.